The van der Waals surface area contributed by atoms with Crippen molar-refractivity contribution in [1.29, 1.82) is 0 Å². The molecule has 0 spiro atoms. The fourth-order valence-corrected chi connectivity index (χ4v) is 3.92. The minimum absolute atomic E-state index is 0.107. The van der Waals surface area contributed by atoms with E-state index in [0.29, 0.717) is 33.1 Å². The molecule has 0 saturated heterocycles. The predicted molar refractivity (Wildman–Crippen MR) is 106 cm³/mol. The molecule has 2 aromatic carbocycles. The van der Waals surface area contributed by atoms with Crippen molar-refractivity contribution in [2.75, 3.05) is 0 Å². The Bertz CT molecular complexity index is 1180. The van der Waals surface area contributed by atoms with Gasteiger partial charge in [-0.15, -0.1) is 0 Å². The number of rotatable bonds is 7. The molecule has 148 valence electrons. The Hall–Kier alpha value is -3.13. The topological polar surface area (TPSA) is 57.3 Å². The molecule has 0 aliphatic heterocycles. The Kier molecular flexibility index (Phi) is 5.62. The quantitative estimate of drug-likeness (QED) is 0.317. The summed E-state index contributed by atoms with van der Waals surface area (Å²) >= 11 is 1.28. The number of alkyl halides is 2. The van der Waals surface area contributed by atoms with Gasteiger partial charge in [0.05, 0.1) is 23.7 Å². The predicted octanol–water partition coefficient (Wildman–Crippen LogP) is 4.93. The summed E-state index contributed by atoms with van der Waals surface area (Å²) in [5, 5.41) is 0.974. The van der Waals surface area contributed by atoms with Gasteiger partial charge in [-0.2, -0.15) is 8.78 Å². The van der Waals surface area contributed by atoms with E-state index < -0.39 is 6.61 Å². The molecule has 0 atom stereocenters. The third-order valence-electron chi connectivity index (χ3n) is 4.27. The Labute approximate surface area is 168 Å². The molecule has 4 rings (SSSR count). The van der Waals surface area contributed by atoms with Gasteiger partial charge < -0.3 is 9.15 Å². The van der Waals surface area contributed by atoms with E-state index in [1.165, 1.54) is 22.4 Å². The number of para-hydroxylation sites is 2. The van der Waals surface area contributed by atoms with Gasteiger partial charge in [0, 0.05) is 11.3 Å². The van der Waals surface area contributed by atoms with Crippen molar-refractivity contribution in [1.82, 2.24) is 9.55 Å². The van der Waals surface area contributed by atoms with Gasteiger partial charge in [-0.25, -0.2) is 4.98 Å². The second kappa shape index (κ2) is 8.48. The summed E-state index contributed by atoms with van der Waals surface area (Å²) in [6, 6.07) is 17.2. The molecule has 0 radical (unpaired) electrons. The molecule has 2 aromatic heterocycles. The van der Waals surface area contributed by atoms with Crippen LogP contribution in [0, 0.1) is 0 Å². The summed E-state index contributed by atoms with van der Waals surface area (Å²) in [6.45, 7) is -2.68. The van der Waals surface area contributed by atoms with Crippen molar-refractivity contribution in [3.05, 3.63) is 88.6 Å². The highest BCUT2D eigenvalue weighted by Gasteiger charge is 2.15. The molecule has 0 amide bonds. The fourth-order valence-electron chi connectivity index (χ4n) is 2.93. The maximum absolute atomic E-state index is 13.0. The Balaban J connectivity index is 1.70. The van der Waals surface area contributed by atoms with Crippen LogP contribution < -0.4 is 10.3 Å². The van der Waals surface area contributed by atoms with Crippen molar-refractivity contribution in [2.24, 2.45) is 0 Å². The second-order valence-corrected chi connectivity index (χ2v) is 7.10. The maximum Gasteiger partial charge on any atom is 0.387 e. The lowest BCUT2D eigenvalue weighted by Gasteiger charge is -2.13. The number of aromatic nitrogens is 2. The zero-order valence-corrected chi connectivity index (χ0v) is 15.9. The molecule has 29 heavy (non-hydrogen) atoms. The fraction of sp³-hybridized carbons (Fsp3) is 0.143. The van der Waals surface area contributed by atoms with E-state index in [9.17, 15) is 13.6 Å². The van der Waals surface area contributed by atoms with Gasteiger partial charge in [-0.3, -0.25) is 9.36 Å². The molecule has 2 heterocycles. The van der Waals surface area contributed by atoms with Crippen LogP contribution in [0.2, 0.25) is 0 Å². The van der Waals surface area contributed by atoms with Gasteiger partial charge in [-0.05, 0) is 30.3 Å². The number of fused-ring (bicyclic) bond motifs is 1. The molecular weight excluding hydrogens is 398 g/mol. The molecular formula is C21H16F2N2O3S. The SMILES string of the molecule is O=c1c2ccccc2nc(SCc2ccccc2OC(F)F)n1Cc1ccco1. The first-order chi connectivity index (χ1) is 14.1. The van der Waals surface area contributed by atoms with E-state index in [0.717, 1.165) is 0 Å². The van der Waals surface area contributed by atoms with Crippen LogP contribution in [0.25, 0.3) is 10.9 Å². The van der Waals surface area contributed by atoms with Crippen molar-refractivity contribution >= 4 is 22.7 Å². The van der Waals surface area contributed by atoms with Gasteiger partial charge in [0.1, 0.15) is 11.5 Å². The third kappa shape index (κ3) is 4.32. The van der Waals surface area contributed by atoms with Crippen LogP contribution in [-0.2, 0) is 12.3 Å². The largest absolute Gasteiger partial charge is 0.467 e. The average molecular weight is 414 g/mol. The third-order valence-corrected chi connectivity index (χ3v) is 5.29. The van der Waals surface area contributed by atoms with Crippen LogP contribution in [0.15, 0.2) is 81.3 Å². The summed E-state index contributed by atoms with van der Waals surface area (Å²) in [6.07, 6.45) is 1.54. The zero-order chi connectivity index (χ0) is 20.2. The number of benzene rings is 2. The van der Waals surface area contributed by atoms with Gasteiger partial charge in [0.15, 0.2) is 5.16 Å². The average Bonchev–Trinajstić information content (AvgIpc) is 3.23. The first-order valence-corrected chi connectivity index (χ1v) is 9.78. The Morgan fingerprint density at radius 1 is 1.07 bits per heavy atom. The van der Waals surface area contributed by atoms with Crippen LogP contribution in [-0.4, -0.2) is 16.2 Å². The van der Waals surface area contributed by atoms with E-state index in [-0.39, 0.29) is 17.9 Å². The summed E-state index contributed by atoms with van der Waals surface area (Å²) in [5.41, 5.74) is 0.976. The Morgan fingerprint density at radius 3 is 2.66 bits per heavy atom. The molecule has 5 nitrogen and oxygen atoms in total. The minimum Gasteiger partial charge on any atom is -0.467 e. The maximum atomic E-state index is 13.0. The normalized spacial score (nSPS) is 11.3. The van der Waals surface area contributed by atoms with Crippen LogP contribution in [0.1, 0.15) is 11.3 Å². The monoisotopic (exact) mass is 414 g/mol. The summed E-state index contributed by atoms with van der Waals surface area (Å²) in [7, 11) is 0. The van der Waals surface area contributed by atoms with E-state index >= 15 is 0 Å². The van der Waals surface area contributed by atoms with Gasteiger partial charge in [-0.1, -0.05) is 42.1 Å². The highest BCUT2D eigenvalue weighted by molar-refractivity contribution is 7.98. The highest BCUT2D eigenvalue weighted by atomic mass is 32.2. The standard InChI is InChI=1S/C21H16F2N2O3S/c22-20(23)28-18-10-4-1-6-14(18)13-29-21-24-17-9-3-2-8-16(17)19(26)25(21)12-15-7-5-11-27-15/h1-11,20H,12-13H2. The van der Waals surface area contributed by atoms with Crippen LogP contribution in [0.5, 0.6) is 5.75 Å². The van der Waals surface area contributed by atoms with Gasteiger partial charge >= 0.3 is 6.61 Å². The minimum atomic E-state index is -2.91. The molecule has 8 heteroatoms. The van der Waals surface area contributed by atoms with Crippen LogP contribution >= 0.6 is 11.8 Å². The molecule has 0 fully saturated rings. The van der Waals surface area contributed by atoms with E-state index in [1.807, 2.05) is 6.07 Å². The molecule has 0 aliphatic carbocycles. The number of halogens is 2. The lowest BCUT2D eigenvalue weighted by Crippen LogP contribution is -2.23. The number of nitrogens with zero attached hydrogens (tertiary/aromatic N) is 2. The van der Waals surface area contributed by atoms with Crippen molar-refractivity contribution in [2.45, 2.75) is 24.1 Å². The summed E-state index contributed by atoms with van der Waals surface area (Å²) < 4.78 is 36.8. The lowest BCUT2D eigenvalue weighted by atomic mass is 10.2. The number of thioether (sulfide) groups is 1. The Morgan fingerprint density at radius 2 is 1.86 bits per heavy atom. The van der Waals surface area contributed by atoms with E-state index in [4.69, 9.17) is 4.42 Å². The molecule has 0 unspecified atom stereocenters. The van der Waals surface area contributed by atoms with Crippen LogP contribution in [0.3, 0.4) is 0 Å². The highest BCUT2D eigenvalue weighted by Crippen LogP contribution is 2.28. The van der Waals surface area contributed by atoms with E-state index in [2.05, 4.69) is 9.72 Å². The van der Waals surface area contributed by atoms with E-state index in [1.54, 1.807) is 54.8 Å². The molecule has 0 N–H and O–H groups in total. The summed E-state index contributed by atoms with van der Waals surface area (Å²) in [5.74, 6) is 1.04. The van der Waals surface area contributed by atoms with Crippen molar-refractivity contribution in [3.63, 3.8) is 0 Å². The van der Waals surface area contributed by atoms with Gasteiger partial charge in [0.25, 0.3) is 5.56 Å². The lowest BCUT2D eigenvalue weighted by molar-refractivity contribution is -0.0503. The number of ether oxygens (including phenoxy) is 1. The molecule has 0 saturated carbocycles. The smallest absolute Gasteiger partial charge is 0.387 e. The number of hydrogen-bond acceptors (Lipinski definition) is 5. The first-order valence-electron chi connectivity index (χ1n) is 8.79. The zero-order valence-electron chi connectivity index (χ0n) is 15.1. The van der Waals surface area contributed by atoms with Gasteiger partial charge in [0.2, 0.25) is 0 Å². The second-order valence-electron chi connectivity index (χ2n) is 6.16. The number of furan rings is 1. The molecule has 0 aliphatic rings. The molecule has 0 bridgehead atoms. The number of hydrogen-bond donors (Lipinski definition) is 0. The molecule has 4 aromatic rings. The first kappa shape index (κ1) is 19.2. The van der Waals surface area contributed by atoms with Crippen LogP contribution in [0.4, 0.5) is 8.78 Å². The van der Waals surface area contributed by atoms with Crippen molar-refractivity contribution in [3.8, 4) is 5.75 Å². The van der Waals surface area contributed by atoms with Crippen molar-refractivity contribution < 1.29 is 17.9 Å². The summed E-state index contributed by atoms with van der Waals surface area (Å²) in [4.78, 5) is 17.7.